The van der Waals surface area contributed by atoms with E-state index in [-0.39, 0.29) is 12.0 Å². The van der Waals surface area contributed by atoms with Gasteiger partial charge in [-0.3, -0.25) is 4.79 Å². The van der Waals surface area contributed by atoms with E-state index in [4.69, 9.17) is 15.2 Å². The van der Waals surface area contributed by atoms with Gasteiger partial charge in [0.1, 0.15) is 0 Å². The Labute approximate surface area is 84.9 Å². The molecular weight excluding hydrogens is 184 g/mol. The quantitative estimate of drug-likeness (QED) is 0.586. The highest BCUT2D eigenvalue weighted by Crippen LogP contribution is 1.90. The Hall–Kier alpha value is -0.650. The molecule has 0 aliphatic heterocycles. The fraction of sp³-hybridized carbons (Fsp3) is 0.889. The molecule has 0 rings (SSSR count). The van der Waals surface area contributed by atoms with Gasteiger partial charge in [0.05, 0.1) is 18.8 Å². The Balaban J connectivity index is 3.73. The normalized spacial score (nSPS) is 14.9. The van der Waals surface area contributed by atoms with E-state index in [0.29, 0.717) is 19.6 Å². The van der Waals surface area contributed by atoms with Crippen molar-refractivity contribution in [1.29, 1.82) is 0 Å². The van der Waals surface area contributed by atoms with Crippen molar-refractivity contribution < 1.29 is 14.3 Å². The maximum absolute atomic E-state index is 11.3. The number of carbonyl (C=O) groups excluding carboxylic acids is 1. The van der Waals surface area contributed by atoms with Crippen LogP contribution in [0.1, 0.15) is 13.3 Å². The Bertz CT molecular complexity index is 164. The van der Waals surface area contributed by atoms with Gasteiger partial charge in [0.2, 0.25) is 5.91 Å². The maximum atomic E-state index is 11.3. The predicted molar refractivity (Wildman–Crippen MR) is 53.9 cm³/mol. The molecule has 0 fully saturated rings. The van der Waals surface area contributed by atoms with Crippen LogP contribution in [0, 0.1) is 0 Å². The summed E-state index contributed by atoms with van der Waals surface area (Å²) in [5.41, 5.74) is 5.53. The summed E-state index contributed by atoms with van der Waals surface area (Å²) in [6.07, 6.45) is 0.515. The first-order chi connectivity index (χ1) is 6.65. The van der Waals surface area contributed by atoms with Gasteiger partial charge in [-0.2, -0.15) is 0 Å². The minimum absolute atomic E-state index is 0.118. The Morgan fingerprint density at radius 2 is 2.14 bits per heavy atom. The summed E-state index contributed by atoms with van der Waals surface area (Å²) in [6, 6.07) is -0.435. The SMILES string of the molecule is CC[C@@H](N)C(=O)NCC(COC)OC. The molecule has 0 heterocycles. The number of hydrogen-bond donors (Lipinski definition) is 2. The third-order valence-corrected chi connectivity index (χ3v) is 1.97. The van der Waals surface area contributed by atoms with Crippen LogP contribution >= 0.6 is 0 Å². The number of rotatable bonds is 7. The zero-order valence-electron chi connectivity index (χ0n) is 9.08. The van der Waals surface area contributed by atoms with Gasteiger partial charge in [-0.25, -0.2) is 0 Å². The second-order valence-electron chi connectivity index (χ2n) is 3.07. The number of hydrogen-bond acceptors (Lipinski definition) is 4. The molecular formula is C9H20N2O3. The molecule has 0 aromatic carbocycles. The second kappa shape index (κ2) is 7.73. The van der Waals surface area contributed by atoms with Crippen molar-refractivity contribution in [3.8, 4) is 0 Å². The summed E-state index contributed by atoms with van der Waals surface area (Å²) in [6.45, 7) is 2.75. The van der Waals surface area contributed by atoms with Crippen LogP contribution in [0.4, 0.5) is 0 Å². The lowest BCUT2D eigenvalue weighted by Gasteiger charge is -2.16. The summed E-state index contributed by atoms with van der Waals surface area (Å²) in [5, 5.41) is 2.70. The summed E-state index contributed by atoms with van der Waals surface area (Å²) >= 11 is 0. The largest absolute Gasteiger partial charge is 0.382 e. The van der Waals surface area contributed by atoms with Crippen LogP contribution in [0.25, 0.3) is 0 Å². The van der Waals surface area contributed by atoms with E-state index in [2.05, 4.69) is 5.32 Å². The molecule has 0 aliphatic rings. The average Bonchev–Trinajstić information content (AvgIpc) is 2.22. The van der Waals surface area contributed by atoms with E-state index in [9.17, 15) is 4.79 Å². The van der Waals surface area contributed by atoms with Crippen LogP contribution in [0.2, 0.25) is 0 Å². The van der Waals surface area contributed by atoms with Crippen molar-refractivity contribution in [3.05, 3.63) is 0 Å². The molecule has 0 saturated carbocycles. The van der Waals surface area contributed by atoms with E-state index >= 15 is 0 Å². The molecule has 0 aromatic rings. The first-order valence-electron chi connectivity index (χ1n) is 4.70. The summed E-state index contributed by atoms with van der Waals surface area (Å²) in [4.78, 5) is 11.3. The number of ether oxygens (including phenoxy) is 2. The third kappa shape index (κ3) is 5.16. The van der Waals surface area contributed by atoms with Crippen molar-refractivity contribution in [3.63, 3.8) is 0 Å². The number of amides is 1. The molecule has 0 spiro atoms. The second-order valence-corrected chi connectivity index (χ2v) is 3.07. The van der Waals surface area contributed by atoms with Crippen LogP contribution < -0.4 is 11.1 Å². The third-order valence-electron chi connectivity index (χ3n) is 1.97. The molecule has 5 heteroatoms. The number of nitrogens with one attached hydrogen (secondary N) is 1. The molecule has 14 heavy (non-hydrogen) atoms. The van der Waals surface area contributed by atoms with Gasteiger partial charge < -0.3 is 20.5 Å². The van der Waals surface area contributed by atoms with E-state index in [0.717, 1.165) is 0 Å². The zero-order chi connectivity index (χ0) is 11.0. The molecule has 0 radical (unpaired) electrons. The van der Waals surface area contributed by atoms with Crippen molar-refractivity contribution in [2.45, 2.75) is 25.5 Å². The van der Waals surface area contributed by atoms with E-state index in [1.807, 2.05) is 6.92 Å². The average molecular weight is 204 g/mol. The van der Waals surface area contributed by atoms with E-state index in [1.165, 1.54) is 0 Å². The molecule has 3 N–H and O–H groups in total. The summed E-state index contributed by atoms with van der Waals surface area (Å²) < 4.78 is 9.98. The van der Waals surface area contributed by atoms with Crippen LogP contribution in [0.5, 0.6) is 0 Å². The molecule has 84 valence electrons. The Morgan fingerprint density at radius 1 is 1.50 bits per heavy atom. The fourth-order valence-electron chi connectivity index (χ4n) is 0.927. The van der Waals surface area contributed by atoms with Crippen molar-refractivity contribution in [1.82, 2.24) is 5.32 Å². The molecule has 0 aromatic heterocycles. The predicted octanol–water partition coefficient (Wildman–Crippen LogP) is -0.499. The van der Waals surface area contributed by atoms with Crippen LogP contribution in [-0.2, 0) is 14.3 Å². The monoisotopic (exact) mass is 204 g/mol. The first-order valence-corrected chi connectivity index (χ1v) is 4.70. The fourth-order valence-corrected chi connectivity index (χ4v) is 0.927. The number of methoxy groups -OCH3 is 2. The highest BCUT2D eigenvalue weighted by Gasteiger charge is 2.13. The van der Waals surface area contributed by atoms with Gasteiger partial charge in [0.15, 0.2) is 0 Å². The molecule has 0 aliphatic carbocycles. The standard InChI is InChI=1S/C9H20N2O3/c1-4-8(10)9(12)11-5-7(14-3)6-13-2/h7-8H,4-6,10H2,1-3H3,(H,11,12)/t7?,8-/m1/s1. The Kier molecular flexibility index (Phi) is 7.37. The number of nitrogens with two attached hydrogens (primary N) is 1. The smallest absolute Gasteiger partial charge is 0.236 e. The maximum Gasteiger partial charge on any atom is 0.236 e. The van der Waals surface area contributed by atoms with Crippen molar-refractivity contribution in [2.24, 2.45) is 5.73 Å². The molecule has 0 bridgehead atoms. The van der Waals surface area contributed by atoms with Crippen LogP contribution in [0.3, 0.4) is 0 Å². The van der Waals surface area contributed by atoms with Gasteiger partial charge in [-0.05, 0) is 6.42 Å². The highest BCUT2D eigenvalue weighted by molar-refractivity contribution is 5.81. The lowest BCUT2D eigenvalue weighted by atomic mass is 10.2. The summed E-state index contributed by atoms with van der Waals surface area (Å²) in [5.74, 6) is -0.148. The van der Waals surface area contributed by atoms with E-state index in [1.54, 1.807) is 14.2 Å². The molecule has 1 unspecified atom stereocenters. The minimum atomic E-state index is -0.435. The van der Waals surface area contributed by atoms with Crippen molar-refractivity contribution in [2.75, 3.05) is 27.4 Å². The minimum Gasteiger partial charge on any atom is -0.382 e. The molecule has 2 atom stereocenters. The van der Waals surface area contributed by atoms with E-state index < -0.39 is 6.04 Å². The van der Waals surface area contributed by atoms with Gasteiger partial charge >= 0.3 is 0 Å². The number of carbonyl (C=O) groups is 1. The topological polar surface area (TPSA) is 73.6 Å². The first kappa shape index (κ1) is 13.4. The van der Waals surface area contributed by atoms with Crippen molar-refractivity contribution >= 4 is 5.91 Å². The molecule has 5 nitrogen and oxygen atoms in total. The van der Waals surface area contributed by atoms with Gasteiger partial charge in [-0.1, -0.05) is 6.92 Å². The molecule has 0 saturated heterocycles. The van der Waals surface area contributed by atoms with Gasteiger partial charge in [0, 0.05) is 20.8 Å². The zero-order valence-corrected chi connectivity index (χ0v) is 9.08. The summed E-state index contributed by atoms with van der Waals surface area (Å²) in [7, 11) is 3.17. The highest BCUT2D eigenvalue weighted by atomic mass is 16.5. The lowest BCUT2D eigenvalue weighted by molar-refractivity contribution is -0.123. The molecule has 1 amide bonds. The van der Waals surface area contributed by atoms with Crippen LogP contribution in [-0.4, -0.2) is 45.4 Å². The van der Waals surface area contributed by atoms with Gasteiger partial charge in [-0.15, -0.1) is 0 Å². The Morgan fingerprint density at radius 3 is 2.57 bits per heavy atom. The van der Waals surface area contributed by atoms with Crippen LogP contribution in [0.15, 0.2) is 0 Å². The lowest BCUT2D eigenvalue weighted by Crippen LogP contribution is -2.44. The van der Waals surface area contributed by atoms with Gasteiger partial charge in [0.25, 0.3) is 0 Å².